The van der Waals surface area contributed by atoms with Gasteiger partial charge < -0.3 is 5.32 Å². The molecule has 54 valence electrons. The lowest BCUT2D eigenvalue weighted by atomic mass is 10.1. The average Bonchev–Trinajstić information content (AvgIpc) is 1.90. The Kier molecular flexibility index (Phi) is 2.86. The lowest BCUT2D eigenvalue weighted by Gasteiger charge is -2.25. The average molecular weight is 145 g/mol. The highest BCUT2D eigenvalue weighted by atomic mass is 32.2. The Morgan fingerprint density at radius 3 is 2.67 bits per heavy atom. The number of hydrogen-bond donors (Lipinski definition) is 1. The van der Waals surface area contributed by atoms with Gasteiger partial charge in [-0.3, -0.25) is 0 Å². The van der Waals surface area contributed by atoms with Gasteiger partial charge in [-0.2, -0.15) is 11.8 Å². The van der Waals surface area contributed by atoms with E-state index in [-0.39, 0.29) is 0 Å². The molecule has 0 aromatic heterocycles. The van der Waals surface area contributed by atoms with Crippen LogP contribution in [0.5, 0.6) is 0 Å². The zero-order valence-electron chi connectivity index (χ0n) is 6.18. The molecule has 0 saturated carbocycles. The second-order valence-electron chi connectivity index (χ2n) is 2.86. The third kappa shape index (κ3) is 2.18. The van der Waals surface area contributed by atoms with Crippen molar-refractivity contribution in [3.8, 4) is 0 Å². The van der Waals surface area contributed by atoms with E-state index in [1.165, 1.54) is 18.8 Å². The van der Waals surface area contributed by atoms with Crippen molar-refractivity contribution in [3.05, 3.63) is 0 Å². The van der Waals surface area contributed by atoms with E-state index in [1.54, 1.807) is 0 Å². The molecule has 0 unspecified atom stereocenters. The fraction of sp³-hybridized carbons (Fsp3) is 1.00. The van der Waals surface area contributed by atoms with Crippen LogP contribution in [0.3, 0.4) is 0 Å². The molecule has 1 aliphatic rings. The first-order chi connectivity index (χ1) is 4.30. The van der Waals surface area contributed by atoms with Crippen molar-refractivity contribution in [2.45, 2.75) is 19.1 Å². The van der Waals surface area contributed by atoms with Gasteiger partial charge in [-0.05, 0) is 5.92 Å². The van der Waals surface area contributed by atoms with Crippen molar-refractivity contribution in [1.29, 1.82) is 0 Å². The van der Waals surface area contributed by atoms with E-state index in [0.717, 1.165) is 11.2 Å². The van der Waals surface area contributed by atoms with Crippen LogP contribution in [0.4, 0.5) is 0 Å². The molecule has 0 aromatic rings. The van der Waals surface area contributed by atoms with Crippen LogP contribution in [0.15, 0.2) is 0 Å². The Morgan fingerprint density at radius 2 is 2.33 bits per heavy atom. The number of nitrogens with one attached hydrogen (secondary N) is 1. The predicted octanol–water partition coefficient (Wildman–Crippen LogP) is 1.35. The van der Waals surface area contributed by atoms with Gasteiger partial charge in [0.25, 0.3) is 0 Å². The summed E-state index contributed by atoms with van der Waals surface area (Å²) in [5.41, 5.74) is 0. The molecule has 9 heavy (non-hydrogen) atoms. The van der Waals surface area contributed by atoms with Crippen LogP contribution in [0.1, 0.15) is 13.8 Å². The normalized spacial score (nSPS) is 29.0. The molecular weight excluding hydrogens is 130 g/mol. The smallest absolute Gasteiger partial charge is 0.0195 e. The van der Waals surface area contributed by atoms with E-state index < -0.39 is 0 Å². The summed E-state index contributed by atoms with van der Waals surface area (Å²) in [6, 6.07) is 0. The molecule has 1 saturated heterocycles. The summed E-state index contributed by atoms with van der Waals surface area (Å²) in [6.07, 6.45) is 0. The Labute approximate surface area is 61.6 Å². The molecule has 0 spiro atoms. The Bertz CT molecular complexity index is 77.0. The Hall–Kier alpha value is 0.310. The standard InChI is InChI=1S/C7H15NS/c1-6(2)7-5-8-3-4-9-7/h6-8H,3-5H2,1-2H3/t7-/m1/s1. The number of hydrogen-bond acceptors (Lipinski definition) is 2. The Morgan fingerprint density at radius 1 is 1.56 bits per heavy atom. The SMILES string of the molecule is CC(C)[C@H]1CNCCS1. The summed E-state index contributed by atoms with van der Waals surface area (Å²) >= 11 is 2.11. The van der Waals surface area contributed by atoms with Crippen molar-refractivity contribution in [1.82, 2.24) is 5.32 Å². The minimum atomic E-state index is 0.836. The highest BCUT2D eigenvalue weighted by Crippen LogP contribution is 2.20. The zero-order chi connectivity index (χ0) is 6.69. The van der Waals surface area contributed by atoms with Crippen LogP contribution >= 0.6 is 11.8 Å². The van der Waals surface area contributed by atoms with Crippen molar-refractivity contribution >= 4 is 11.8 Å². The first-order valence-electron chi connectivity index (χ1n) is 3.63. The van der Waals surface area contributed by atoms with Crippen molar-refractivity contribution < 1.29 is 0 Å². The van der Waals surface area contributed by atoms with Gasteiger partial charge in [0, 0.05) is 24.1 Å². The van der Waals surface area contributed by atoms with Crippen molar-refractivity contribution in [3.63, 3.8) is 0 Å². The monoisotopic (exact) mass is 145 g/mol. The number of thioether (sulfide) groups is 1. The minimum absolute atomic E-state index is 0.836. The third-order valence-corrected chi connectivity index (χ3v) is 3.28. The molecule has 1 heterocycles. The molecule has 1 nitrogen and oxygen atoms in total. The van der Waals surface area contributed by atoms with E-state index in [4.69, 9.17) is 0 Å². The van der Waals surface area contributed by atoms with Crippen LogP contribution in [0.25, 0.3) is 0 Å². The summed E-state index contributed by atoms with van der Waals surface area (Å²) in [7, 11) is 0. The second kappa shape index (κ2) is 3.47. The molecule has 1 N–H and O–H groups in total. The lowest BCUT2D eigenvalue weighted by molar-refractivity contribution is 0.550. The van der Waals surface area contributed by atoms with Gasteiger partial charge in [-0.25, -0.2) is 0 Å². The van der Waals surface area contributed by atoms with Gasteiger partial charge >= 0.3 is 0 Å². The topological polar surface area (TPSA) is 12.0 Å². The van der Waals surface area contributed by atoms with Gasteiger partial charge in [-0.15, -0.1) is 0 Å². The first kappa shape index (κ1) is 7.42. The molecule has 0 radical (unpaired) electrons. The second-order valence-corrected chi connectivity index (χ2v) is 4.20. The maximum atomic E-state index is 3.40. The fourth-order valence-electron chi connectivity index (χ4n) is 1.01. The molecule has 1 aliphatic heterocycles. The summed E-state index contributed by atoms with van der Waals surface area (Å²) < 4.78 is 0. The molecule has 1 fully saturated rings. The van der Waals surface area contributed by atoms with Crippen LogP contribution in [0.2, 0.25) is 0 Å². The van der Waals surface area contributed by atoms with Crippen LogP contribution in [0, 0.1) is 5.92 Å². The van der Waals surface area contributed by atoms with Crippen LogP contribution in [-0.2, 0) is 0 Å². The molecule has 0 bridgehead atoms. The van der Waals surface area contributed by atoms with Crippen molar-refractivity contribution in [2.75, 3.05) is 18.8 Å². The highest BCUT2D eigenvalue weighted by Gasteiger charge is 2.15. The maximum absolute atomic E-state index is 3.40. The fourth-order valence-corrected chi connectivity index (χ4v) is 2.20. The molecular formula is C7H15NS. The minimum Gasteiger partial charge on any atom is -0.315 e. The zero-order valence-corrected chi connectivity index (χ0v) is 7.00. The summed E-state index contributed by atoms with van der Waals surface area (Å²) in [5.74, 6) is 2.13. The molecule has 2 heteroatoms. The Balaban J connectivity index is 2.23. The number of rotatable bonds is 1. The van der Waals surface area contributed by atoms with E-state index in [0.29, 0.717) is 0 Å². The lowest BCUT2D eigenvalue weighted by Crippen LogP contribution is -2.35. The van der Waals surface area contributed by atoms with E-state index in [2.05, 4.69) is 30.9 Å². The molecule has 1 rings (SSSR count). The van der Waals surface area contributed by atoms with Crippen molar-refractivity contribution in [2.24, 2.45) is 5.92 Å². The predicted molar refractivity (Wildman–Crippen MR) is 44.0 cm³/mol. The van der Waals surface area contributed by atoms with Gasteiger partial charge in [0.15, 0.2) is 0 Å². The molecule has 1 atom stereocenters. The summed E-state index contributed by atoms with van der Waals surface area (Å²) in [5, 5.41) is 4.26. The van der Waals surface area contributed by atoms with Gasteiger partial charge in [-0.1, -0.05) is 13.8 Å². The third-order valence-electron chi connectivity index (χ3n) is 1.70. The molecule has 0 aromatic carbocycles. The van der Waals surface area contributed by atoms with Gasteiger partial charge in [0.2, 0.25) is 0 Å². The highest BCUT2D eigenvalue weighted by molar-refractivity contribution is 8.00. The van der Waals surface area contributed by atoms with Crippen LogP contribution < -0.4 is 5.32 Å². The molecule has 0 aliphatic carbocycles. The quantitative estimate of drug-likeness (QED) is 0.597. The van der Waals surface area contributed by atoms with Crippen LogP contribution in [-0.4, -0.2) is 24.1 Å². The molecule has 0 amide bonds. The first-order valence-corrected chi connectivity index (χ1v) is 4.68. The largest absolute Gasteiger partial charge is 0.315 e. The van der Waals surface area contributed by atoms with E-state index >= 15 is 0 Å². The van der Waals surface area contributed by atoms with Gasteiger partial charge in [0.05, 0.1) is 0 Å². The van der Waals surface area contributed by atoms with Gasteiger partial charge in [0.1, 0.15) is 0 Å². The van der Waals surface area contributed by atoms with E-state index in [9.17, 15) is 0 Å². The summed E-state index contributed by atoms with van der Waals surface area (Å²) in [6.45, 7) is 7.01. The van der Waals surface area contributed by atoms with E-state index in [1.807, 2.05) is 0 Å². The maximum Gasteiger partial charge on any atom is 0.0195 e. The summed E-state index contributed by atoms with van der Waals surface area (Å²) in [4.78, 5) is 0.